The van der Waals surface area contributed by atoms with Gasteiger partial charge in [-0.05, 0) is 25.0 Å². The van der Waals surface area contributed by atoms with Crippen molar-refractivity contribution in [3.05, 3.63) is 30.1 Å². The fourth-order valence-corrected chi connectivity index (χ4v) is 2.70. The maximum Gasteiger partial charge on any atom is 0.0544 e. The summed E-state index contributed by atoms with van der Waals surface area (Å²) in [5.41, 5.74) is 6.89. The number of pyridine rings is 1. The van der Waals surface area contributed by atoms with Crippen LogP contribution in [0.5, 0.6) is 0 Å². The summed E-state index contributed by atoms with van der Waals surface area (Å²) in [6.45, 7) is 2.67. The molecule has 1 aromatic heterocycles. The van der Waals surface area contributed by atoms with Crippen molar-refractivity contribution in [1.29, 1.82) is 0 Å². The lowest BCUT2D eigenvalue weighted by atomic mass is 9.94. The normalized spacial score (nSPS) is 17.5. The maximum absolute atomic E-state index is 5.73. The minimum Gasteiger partial charge on any atom is -0.329 e. The zero-order valence-electron chi connectivity index (χ0n) is 10.5. The van der Waals surface area contributed by atoms with Crippen LogP contribution >= 0.6 is 0 Å². The molecule has 0 radical (unpaired) electrons. The Labute approximate surface area is 104 Å². The first kappa shape index (κ1) is 12.5. The predicted molar refractivity (Wildman–Crippen MR) is 70.6 cm³/mol. The molecule has 0 amide bonds. The average molecular weight is 233 g/mol. The van der Waals surface area contributed by atoms with Gasteiger partial charge in [0.1, 0.15) is 0 Å². The molecule has 1 aliphatic carbocycles. The first-order chi connectivity index (χ1) is 8.40. The Kier molecular flexibility index (Phi) is 4.95. The third-order valence-electron chi connectivity index (χ3n) is 3.60. The smallest absolute Gasteiger partial charge is 0.0544 e. The maximum atomic E-state index is 5.73. The molecule has 2 N–H and O–H groups in total. The minimum absolute atomic E-state index is 0.717. The van der Waals surface area contributed by atoms with Crippen molar-refractivity contribution >= 4 is 0 Å². The van der Waals surface area contributed by atoms with Crippen LogP contribution < -0.4 is 5.73 Å². The highest BCUT2D eigenvalue weighted by Crippen LogP contribution is 2.23. The van der Waals surface area contributed by atoms with Crippen LogP contribution in [0.1, 0.15) is 37.8 Å². The van der Waals surface area contributed by atoms with Crippen LogP contribution in [-0.2, 0) is 6.54 Å². The average Bonchev–Trinajstić information content (AvgIpc) is 2.40. The molecule has 3 nitrogen and oxygen atoms in total. The number of aromatic nitrogens is 1. The van der Waals surface area contributed by atoms with Gasteiger partial charge >= 0.3 is 0 Å². The Morgan fingerprint density at radius 1 is 1.24 bits per heavy atom. The largest absolute Gasteiger partial charge is 0.329 e. The molecule has 1 fully saturated rings. The highest BCUT2D eigenvalue weighted by molar-refractivity contribution is 5.03. The molecule has 0 spiro atoms. The molecule has 3 heteroatoms. The van der Waals surface area contributed by atoms with E-state index in [0.29, 0.717) is 6.04 Å². The van der Waals surface area contributed by atoms with Crippen molar-refractivity contribution in [2.75, 3.05) is 13.1 Å². The summed E-state index contributed by atoms with van der Waals surface area (Å²) in [7, 11) is 0. The van der Waals surface area contributed by atoms with Gasteiger partial charge in [0.25, 0.3) is 0 Å². The zero-order chi connectivity index (χ0) is 11.9. The van der Waals surface area contributed by atoms with Crippen LogP contribution in [0.15, 0.2) is 24.4 Å². The van der Waals surface area contributed by atoms with Crippen LogP contribution in [-0.4, -0.2) is 29.0 Å². The van der Waals surface area contributed by atoms with E-state index in [4.69, 9.17) is 5.73 Å². The SMILES string of the molecule is NCCN(Cc1ccccn1)C1CCCCC1. The Balaban J connectivity index is 1.96. The summed E-state index contributed by atoms with van der Waals surface area (Å²) in [6.07, 6.45) is 8.66. The fourth-order valence-electron chi connectivity index (χ4n) is 2.70. The molecule has 1 aromatic rings. The zero-order valence-corrected chi connectivity index (χ0v) is 10.5. The number of rotatable bonds is 5. The van der Waals surface area contributed by atoms with Crippen molar-refractivity contribution in [3.63, 3.8) is 0 Å². The van der Waals surface area contributed by atoms with Crippen LogP contribution in [0.4, 0.5) is 0 Å². The second kappa shape index (κ2) is 6.72. The molecule has 2 rings (SSSR count). The molecule has 17 heavy (non-hydrogen) atoms. The van der Waals surface area contributed by atoms with E-state index in [1.807, 2.05) is 12.3 Å². The number of nitrogens with zero attached hydrogens (tertiary/aromatic N) is 2. The van der Waals surface area contributed by atoms with Gasteiger partial charge in [-0.2, -0.15) is 0 Å². The first-order valence-corrected chi connectivity index (χ1v) is 6.74. The van der Waals surface area contributed by atoms with Crippen molar-refractivity contribution in [1.82, 2.24) is 9.88 Å². The Morgan fingerprint density at radius 2 is 2.06 bits per heavy atom. The van der Waals surface area contributed by atoms with Crippen LogP contribution in [0.3, 0.4) is 0 Å². The lowest BCUT2D eigenvalue weighted by Crippen LogP contribution is -2.39. The molecular formula is C14H23N3. The molecule has 0 aliphatic heterocycles. The summed E-state index contributed by atoms with van der Waals surface area (Å²) in [5.74, 6) is 0. The van der Waals surface area contributed by atoms with Gasteiger partial charge in [0.15, 0.2) is 0 Å². The quantitative estimate of drug-likeness (QED) is 0.847. The Bertz CT molecular complexity index is 307. The van der Waals surface area contributed by atoms with Gasteiger partial charge in [-0.15, -0.1) is 0 Å². The highest BCUT2D eigenvalue weighted by atomic mass is 15.2. The van der Waals surface area contributed by atoms with Gasteiger partial charge in [-0.25, -0.2) is 0 Å². The summed E-state index contributed by atoms with van der Waals surface area (Å²) < 4.78 is 0. The molecule has 1 aliphatic rings. The van der Waals surface area contributed by atoms with E-state index in [0.717, 1.165) is 25.3 Å². The molecule has 0 saturated heterocycles. The van der Waals surface area contributed by atoms with Gasteiger partial charge in [0.05, 0.1) is 5.69 Å². The molecule has 0 bridgehead atoms. The first-order valence-electron chi connectivity index (χ1n) is 6.74. The number of hydrogen-bond acceptors (Lipinski definition) is 3. The van der Waals surface area contributed by atoms with E-state index in [9.17, 15) is 0 Å². The lowest BCUT2D eigenvalue weighted by molar-refractivity contribution is 0.150. The minimum atomic E-state index is 0.717. The summed E-state index contributed by atoms with van der Waals surface area (Å²) >= 11 is 0. The molecular weight excluding hydrogens is 210 g/mol. The van der Waals surface area contributed by atoms with E-state index in [-0.39, 0.29) is 0 Å². The van der Waals surface area contributed by atoms with Crippen LogP contribution in [0.25, 0.3) is 0 Å². The lowest BCUT2D eigenvalue weighted by Gasteiger charge is -2.33. The van der Waals surface area contributed by atoms with E-state index >= 15 is 0 Å². The van der Waals surface area contributed by atoms with Gasteiger partial charge in [-0.1, -0.05) is 25.3 Å². The van der Waals surface area contributed by atoms with Gasteiger partial charge < -0.3 is 5.73 Å². The third kappa shape index (κ3) is 3.79. The van der Waals surface area contributed by atoms with Crippen molar-refractivity contribution < 1.29 is 0 Å². The summed E-state index contributed by atoms with van der Waals surface area (Å²) in [4.78, 5) is 6.93. The molecule has 0 aromatic carbocycles. The Morgan fingerprint density at radius 3 is 2.71 bits per heavy atom. The summed E-state index contributed by atoms with van der Waals surface area (Å²) in [6, 6.07) is 6.85. The molecule has 1 saturated carbocycles. The molecule has 0 unspecified atom stereocenters. The second-order valence-corrected chi connectivity index (χ2v) is 4.87. The topological polar surface area (TPSA) is 42.1 Å². The molecule has 94 valence electrons. The van der Waals surface area contributed by atoms with E-state index in [1.165, 1.54) is 32.1 Å². The molecule has 1 heterocycles. The van der Waals surface area contributed by atoms with Crippen molar-refractivity contribution in [2.45, 2.75) is 44.7 Å². The second-order valence-electron chi connectivity index (χ2n) is 4.87. The number of hydrogen-bond donors (Lipinski definition) is 1. The van der Waals surface area contributed by atoms with Crippen molar-refractivity contribution in [2.24, 2.45) is 5.73 Å². The Hall–Kier alpha value is -0.930. The highest BCUT2D eigenvalue weighted by Gasteiger charge is 2.20. The fraction of sp³-hybridized carbons (Fsp3) is 0.643. The van der Waals surface area contributed by atoms with Gasteiger partial charge in [0.2, 0.25) is 0 Å². The predicted octanol–water partition coefficient (Wildman–Crippen LogP) is 2.17. The van der Waals surface area contributed by atoms with Crippen LogP contribution in [0.2, 0.25) is 0 Å². The van der Waals surface area contributed by atoms with Crippen LogP contribution in [0, 0.1) is 0 Å². The van der Waals surface area contributed by atoms with Gasteiger partial charge in [-0.3, -0.25) is 9.88 Å². The van der Waals surface area contributed by atoms with Gasteiger partial charge in [0, 0.05) is 31.9 Å². The van der Waals surface area contributed by atoms with Crippen molar-refractivity contribution in [3.8, 4) is 0 Å². The summed E-state index contributed by atoms with van der Waals surface area (Å²) in [5, 5.41) is 0. The van der Waals surface area contributed by atoms with E-state index in [1.54, 1.807) is 0 Å². The standard InChI is InChI=1S/C14H23N3/c15-9-11-17(14-7-2-1-3-8-14)12-13-6-4-5-10-16-13/h4-6,10,14H,1-3,7-9,11-12,15H2. The van der Waals surface area contributed by atoms with E-state index < -0.39 is 0 Å². The molecule has 0 atom stereocenters. The third-order valence-corrected chi connectivity index (χ3v) is 3.60. The number of nitrogens with two attached hydrogens (primary N) is 1. The monoisotopic (exact) mass is 233 g/mol. The van der Waals surface area contributed by atoms with E-state index in [2.05, 4.69) is 22.0 Å².